The van der Waals surface area contributed by atoms with Gasteiger partial charge in [0.1, 0.15) is 0 Å². The highest BCUT2D eigenvalue weighted by molar-refractivity contribution is 6.24. The van der Waals surface area contributed by atoms with Gasteiger partial charge >= 0.3 is 0 Å². The minimum absolute atomic E-state index is 0.101. The SMILES string of the molecule is CC1(C)c2ccccc2-c2c(-c3c4ccccc4c(-c4ccccc4-c4ccc(-c5ccccc5)cc4)c4ccc(-c5cccc6ccccc56)cc34)cccc21. The Balaban J connectivity index is 1.23. The van der Waals surface area contributed by atoms with Gasteiger partial charge in [-0.25, -0.2) is 0 Å². The van der Waals surface area contributed by atoms with Gasteiger partial charge in [0, 0.05) is 5.41 Å². The van der Waals surface area contributed by atoms with Crippen molar-refractivity contribution in [1.29, 1.82) is 0 Å². The highest BCUT2D eigenvalue weighted by atomic mass is 14.4. The maximum Gasteiger partial charge on any atom is 0.0159 e. The molecule has 0 unspecified atom stereocenters. The molecule has 0 saturated carbocycles. The summed E-state index contributed by atoms with van der Waals surface area (Å²) < 4.78 is 0. The Morgan fingerprint density at radius 2 is 0.754 bits per heavy atom. The monoisotopic (exact) mass is 724 g/mol. The predicted octanol–water partition coefficient (Wildman–Crippen LogP) is 15.8. The van der Waals surface area contributed by atoms with Crippen LogP contribution in [0, 0.1) is 0 Å². The van der Waals surface area contributed by atoms with Gasteiger partial charge in [-0.15, -0.1) is 0 Å². The quantitative estimate of drug-likeness (QED) is 0.155. The topological polar surface area (TPSA) is 0 Å². The Bertz CT molecular complexity index is 3180. The third-order valence-electron chi connectivity index (χ3n) is 12.5. The zero-order chi connectivity index (χ0) is 38.1. The summed E-state index contributed by atoms with van der Waals surface area (Å²) in [6, 6.07) is 76.5. The van der Waals surface area contributed by atoms with Crippen molar-refractivity contribution >= 4 is 32.3 Å². The summed E-state index contributed by atoms with van der Waals surface area (Å²) in [5.41, 5.74) is 17.8. The van der Waals surface area contributed by atoms with Gasteiger partial charge < -0.3 is 0 Å². The van der Waals surface area contributed by atoms with Crippen molar-refractivity contribution in [2.24, 2.45) is 0 Å². The minimum atomic E-state index is -0.101. The van der Waals surface area contributed by atoms with E-state index < -0.39 is 0 Å². The normalized spacial score (nSPS) is 12.9. The molecule has 0 amide bonds. The predicted molar refractivity (Wildman–Crippen MR) is 244 cm³/mol. The maximum atomic E-state index is 2.48. The van der Waals surface area contributed by atoms with Crippen molar-refractivity contribution in [3.05, 3.63) is 217 Å². The molecule has 268 valence electrons. The average Bonchev–Trinajstić information content (AvgIpc) is 3.51. The van der Waals surface area contributed by atoms with Gasteiger partial charge in [-0.1, -0.05) is 214 Å². The fraction of sp³-hybridized carbons (Fsp3) is 0.0526. The lowest BCUT2D eigenvalue weighted by Gasteiger charge is -2.23. The van der Waals surface area contributed by atoms with E-state index in [1.807, 2.05) is 0 Å². The molecule has 10 aromatic rings. The Morgan fingerprint density at radius 1 is 0.263 bits per heavy atom. The van der Waals surface area contributed by atoms with Crippen LogP contribution in [0.25, 0.3) is 99.1 Å². The van der Waals surface area contributed by atoms with Crippen LogP contribution in [0.15, 0.2) is 206 Å². The molecule has 0 aliphatic heterocycles. The molecular weight excluding hydrogens is 685 g/mol. The molecule has 0 N–H and O–H groups in total. The first kappa shape index (κ1) is 33.3. The van der Waals surface area contributed by atoms with Gasteiger partial charge in [-0.2, -0.15) is 0 Å². The third-order valence-corrected chi connectivity index (χ3v) is 12.5. The van der Waals surface area contributed by atoms with Crippen molar-refractivity contribution in [2.75, 3.05) is 0 Å². The summed E-state index contributed by atoms with van der Waals surface area (Å²) in [7, 11) is 0. The molecule has 0 aromatic heterocycles. The van der Waals surface area contributed by atoms with E-state index in [1.165, 1.54) is 110 Å². The molecule has 0 nitrogen and oxygen atoms in total. The number of benzene rings is 10. The van der Waals surface area contributed by atoms with Gasteiger partial charge in [0.05, 0.1) is 0 Å². The lowest BCUT2D eigenvalue weighted by molar-refractivity contribution is 0.660. The molecule has 1 aliphatic carbocycles. The molecule has 0 heteroatoms. The summed E-state index contributed by atoms with van der Waals surface area (Å²) in [6.07, 6.45) is 0. The number of hydrogen-bond acceptors (Lipinski definition) is 0. The van der Waals surface area contributed by atoms with Gasteiger partial charge in [0.15, 0.2) is 0 Å². The first-order chi connectivity index (χ1) is 28.1. The Hall–Kier alpha value is -7.02. The smallest absolute Gasteiger partial charge is 0.0159 e. The second kappa shape index (κ2) is 13.0. The molecule has 1 aliphatic rings. The van der Waals surface area contributed by atoms with E-state index in [2.05, 4.69) is 220 Å². The Morgan fingerprint density at radius 3 is 1.54 bits per heavy atom. The van der Waals surface area contributed by atoms with Crippen LogP contribution in [-0.4, -0.2) is 0 Å². The summed E-state index contributed by atoms with van der Waals surface area (Å²) in [5, 5.41) is 7.56. The van der Waals surface area contributed by atoms with Crippen molar-refractivity contribution in [1.82, 2.24) is 0 Å². The largest absolute Gasteiger partial charge is 0.0622 e. The van der Waals surface area contributed by atoms with E-state index in [-0.39, 0.29) is 5.41 Å². The van der Waals surface area contributed by atoms with E-state index in [0.29, 0.717) is 0 Å². The fourth-order valence-electron chi connectivity index (χ4n) is 9.79. The Labute approximate surface area is 334 Å². The van der Waals surface area contributed by atoms with Crippen molar-refractivity contribution in [3.8, 4) is 66.8 Å². The second-order valence-electron chi connectivity index (χ2n) is 16.0. The molecule has 0 atom stereocenters. The highest BCUT2D eigenvalue weighted by Crippen LogP contribution is 2.55. The van der Waals surface area contributed by atoms with Crippen molar-refractivity contribution < 1.29 is 0 Å². The van der Waals surface area contributed by atoms with Crippen LogP contribution in [0.1, 0.15) is 25.0 Å². The molecule has 10 aromatic carbocycles. The second-order valence-corrected chi connectivity index (χ2v) is 16.0. The molecule has 0 fully saturated rings. The number of rotatable bonds is 5. The summed E-state index contributed by atoms with van der Waals surface area (Å²) in [6.45, 7) is 4.76. The summed E-state index contributed by atoms with van der Waals surface area (Å²) in [5.74, 6) is 0. The molecule has 0 heterocycles. The number of fused-ring (bicyclic) bond motifs is 6. The van der Waals surface area contributed by atoms with Crippen LogP contribution in [0.2, 0.25) is 0 Å². The average molecular weight is 725 g/mol. The molecule has 0 saturated heterocycles. The van der Waals surface area contributed by atoms with Crippen LogP contribution in [0.4, 0.5) is 0 Å². The van der Waals surface area contributed by atoms with Crippen LogP contribution < -0.4 is 0 Å². The zero-order valence-electron chi connectivity index (χ0n) is 32.1. The van der Waals surface area contributed by atoms with E-state index >= 15 is 0 Å². The first-order valence-electron chi connectivity index (χ1n) is 20.0. The molecule has 11 rings (SSSR count). The minimum Gasteiger partial charge on any atom is -0.0622 e. The van der Waals surface area contributed by atoms with Gasteiger partial charge in [0.25, 0.3) is 0 Å². The van der Waals surface area contributed by atoms with Crippen LogP contribution >= 0.6 is 0 Å². The van der Waals surface area contributed by atoms with Crippen LogP contribution in [0.5, 0.6) is 0 Å². The number of hydrogen-bond donors (Lipinski definition) is 0. The van der Waals surface area contributed by atoms with E-state index in [9.17, 15) is 0 Å². The van der Waals surface area contributed by atoms with Gasteiger partial charge in [0.2, 0.25) is 0 Å². The molecule has 57 heavy (non-hydrogen) atoms. The van der Waals surface area contributed by atoms with Gasteiger partial charge in [-0.3, -0.25) is 0 Å². The van der Waals surface area contributed by atoms with Crippen LogP contribution in [-0.2, 0) is 5.41 Å². The first-order valence-corrected chi connectivity index (χ1v) is 20.0. The summed E-state index contributed by atoms with van der Waals surface area (Å²) >= 11 is 0. The van der Waals surface area contributed by atoms with E-state index in [0.717, 1.165) is 0 Å². The lowest BCUT2D eigenvalue weighted by Crippen LogP contribution is -2.14. The zero-order valence-corrected chi connectivity index (χ0v) is 32.1. The van der Waals surface area contributed by atoms with E-state index in [4.69, 9.17) is 0 Å². The van der Waals surface area contributed by atoms with Gasteiger partial charge in [-0.05, 0) is 116 Å². The third kappa shape index (κ3) is 5.21. The lowest BCUT2D eigenvalue weighted by atomic mass is 9.80. The molecular formula is C57H40. The summed E-state index contributed by atoms with van der Waals surface area (Å²) in [4.78, 5) is 0. The molecule has 0 spiro atoms. The Kier molecular flexibility index (Phi) is 7.63. The van der Waals surface area contributed by atoms with Crippen molar-refractivity contribution in [3.63, 3.8) is 0 Å². The standard InChI is InChI=1S/C57H40/c1-57(2)52-28-13-12-25-49(52)56-50(27-15-29-53(56)57)55-47-24-11-10-23-46(47)54(48-35-34-41(36-51(48)55)44-26-14-19-39-18-6-7-20-42(39)44)45-22-9-8-21-43(45)40-32-30-38(31-33-40)37-16-4-3-5-17-37/h3-36H,1-2H3. The molecule has 0 radical (unpaired) electrons. The fourth-order valence-corrected chi connectivity index (χ4v) is 9.79. The molecule has 0 bridgehead atoms. The highest BCUT2D eigenvalue weighted by Gasteiger charge is 2.37. The van der Waals surface area contributed by atoms with Crippen molar-refractivity contribution in [2.45, 2.75) is 19.3 Å². The maximum absolute atomic E-state index is 2.48. The van der Waals surface area contributed by atoms with E-state index in [1.54, 1.807) is 0 Å². The van der Waals surface area contributed by atoms with Crippen LogP contribution in [0.3, 0.4) is 0 Å².